The average Bonchev–Trinajstić information content (AvgIpc) is 2.99. The quantitative estimate of drug-likeness (QED) is 0.398. The third kappa shape index (κ3) is 5.03. The minimum atomic E-state index is -1.05. The van der Waals surface area contributed by atoms with E-state index in [2.05, 4.69) is 5.32 Å². The van der Waals surface area contributed by atoms with Crippen LogP contribution >= 0.6 is 0 Å². The van der Waals surface area contributed by atoms with Crippen LogP contribution in [0, 0.1) is 0 Å². The van der Waals surface area contributed by atoms with Crippen LogP contribution in [0.25, 0.3) is 0 Å². The second-order valence-electron chi connectivity index (χ2n) is 7.17. The molecule has 1 heterocycles. The van der Waals surface area contributed by atoms with Crippen LogP contribution in [0.2, 0.25) is 0 Å². The lowest BCUT2D eigenvalue weighted by Crippen LogP contribution is -2.32. The van der Waals surface area contributed by atoms with Crippen molar-refractivity contribution < 1.29 is 28.7 Å². The number of ether oxygens (including phenoxy) is 1. The van der Waals surface area contributed by atoms with Gasteiger partial charge in [-0.15, -0.1) is 0 Å². The molecule has 160 valence electrons. The van der Waals surface area contributed by atoms with E-state index >= 15 is 0 Å². The number of hydrogen-bond acceptors (Lipinski definition) is 6. The molecule has 1 aliphatic heterocycles. The lowest BCUT2D eigenvalue weighted by atomic mass is 10.1. The molecule has 1 unspecified atom stereocenters. The number of fused-ring (bicyclic) bond motifs is 1. The third-order valence-electron chi connectivity index (χ3n) is 4.85. The van der Waals surface area contributed by atoms with Gasteiger partial charge in [-0.05, 0) is 44.5 Å². The predicted molar refractivity (Wildman–Crippen MR) is 112 cm³/mol. The number of amides is 3. The molecule has 0 saturated heterocycles. The number of nitrogens with zero attached hydrogens (tertiary/aromatic N) is 1. The van der Waals surface area contributed by atoms with Gasteiger partial charge >= 0.3 is 5.97 Å². The number of Topliss-reactive ketones (excluding diaryl/α,β-unsaturated/α-hetero) is 1. The zero-order chi connectivity index (χ0) is 22.5. The van der Waals surface area contributed by atoms with E-state index < -0.39 is 18.0 Å². The fourth-order valence-electron chi connectivity index (χ4n) is 3.19. The van der Waals surface area contributed by atoms with E-state index in [9.17, 15) is 24.0 Å². The highest BCUT2D eigenvalue weighted by Crippen LogP contribution is 2.22. The number of benzene rings is 2. The molecule has 8 heteroatoms. The Balaban J connectivity index is 1.46. The van der Waals surface area contributed by atoms with E-state index in [1.54, 1.807) is 42.5 Å². The Morgan fingerprint density at radius 2 is 1.65 bits per heavy atom. The van der Waals surface area contributed by atoms with Crippen molar-refractivity contribution in [3.05, 3.63) is 65.2 Å². The molecule has 0 spiro atoms. The van der Waals surface area contributed by atoms with Crippen molar-refractivity contribution in [1.29, 1.82) is 0 Å². The number of rotatable bonds is 8. The van der Waals surface area contributed by atoms with Crippen LogP contribution in [0.5, 0.6) is 0 Å². The van der Waals surface area contributed by atoms with Crippen LogP contribution in [0.1, 0.15) is 57.8 Å². The molecule has 0 fully saturated rings. The first kappa shape index (κ1) is 21.9. The van der Waals surface area contributed by atoms with Crippen LogP contribution in [0.15, 0.2) is 48.5 Å². The number of carbonyl (C=O) groups is 5. The minimum absolute atomic E-state index is 0.0507. The lowest BCUT2D eigenvalue weighted by Gasteiger charge is -2.15. The second kappa shape index (κ2) is 9.34. The normalized spacial score (nSPS) is 13.5. The summed E-state index contributed by atoms with van der Waals surface area (Å²) in [6.45, 7) is 2.94. The molecule has 1 N–H and O–H groups in total. The number of anilines is 1. The Labute approximate surface area is 179 Å². The van der Waals surface area contributed by atoms with Gasteiger partial charge in [0.25, 0.3) is 17.7 Å². The number of nitrogens with one attached hydrogen (secondary N) is 1. The van der Waals surface area contributed by atoms with Gasteiger partial charge in [-0.2, -0.15) is 0 Å². The number of ketones is 1. The molecule has 3 amide bonds. The summed E-state index contributed by atoms with van der Waals surface area (Å²) in [4.78, 5) is 61.5. The van der Waals surface area contributed by atoms with Gasteiger partial charge in [-0.25, -0.2) is 0 Å². The predicted octanol–water partition coefficient (Wildman–Crippen LogP) is 2.84. The maximum Gasteiger partial charge on any atom is 0.306 e. The fourth-order valence-corrected chi connectivity index (χ4v) is 3.19. The smallest absolute Gasteiger partial charge is 0.306 e. The van der Waals surface area contributed by atoms with Crippen LogP contribution in [0.3, 0.4) is 0 Å². The maximum atomic E-state index is 12.3. The van der Waals surface area contributed by atoms with Gasteiger partial charge in [0.1, 0.15) is 0 Å². The van der Waals surface area contributed by atoms with Crippen molar-refractivity contribution in [2.45, 2.75) is 32.8 Å². The van der Waals surface area contributed by atoms with Crippen molar-refractivity contribution in [3.8, 4) is 0 Å². The molecule has 1 atom stereocenters. The SMILES string of the molecule is CC(=O)c1cccc(NC(=O)C(C)OC(=O)CCCN2C(=O)c3ccccc3C2=O)c1. The van der Waals surface area contributed by atoms with Gasteiger partial charge < -0.3 is 10.1 Å². The zero-order valence-electron chi connectivity index (χ0n) is 17.2. The van der Waals surface area contributed by atoms with Crippen molar-refractivity contribution in [2.75, 3.05) is 11.9 Å². The summed E-state index contributed by atoms with van der Waals surface area (Å²) in [6.07, 6.45) is -0.878. The Kier molecular flexibility index (Phi) is 6.59. The van der Waals surface area contributed by atoms with E-state index in [1.807, 2.05) is 0 Å². The first-order valence-corrected chi connectivity index (χ1v) is 9.84. The minimum Gasteiger partial charge on any atom is -0.453 e. The Hall–Kier alpha value is -3.81. The van der Waals surface area contributed by atoms with Gasteiger partial charge in [0, 0.05) is 24.2 Å². The van der Waals surface area contributed by atoms with Crippen molar-refractivity contribution >= 4 is 35.2 Å². The Bertz CT molecular complexity index is 1030. The maximum absolute atomic E-state index is 12.3. The molecule has 0 bridgehead atoms. The summed E-state index contributed by atoms with van der Waals surface area (Å²) >= 11 is 0. The summed E-state index contributed by atoms with van der Waals surface area (Å²) in [5, 5.41) is 2.60. The van der Waals surface area contributed by atoms with E-state index in [0.717, 1.165) is 4.90 Å². The highest BCUT2D eigenvalue weighted by molar-refractivity contribution is 6.21. The van der Waals surface area contributed by atoms with Crippen molar-refractivity contribution in [3.63, 3.8) is 0 Å². The largest absolute Gasteiger partial charge is 0.453 e. The molecule has 8 nitrogen and oxygen atoms in total. The average molecular weight is 422 g/mol. The molecule has 2 aromatic rings. The summed E-state index contributed by atoms with van der Waals surface area (Å²) in [5.41, 5.74) is 1.59. The highest BCUT2D eigenvalue weighted by atomic mass is 16.5. The third-order valence-corrected chi connectivity index (χ3v) is 4.85. The molecule has 0 aromatic heterocycles. The van der Waals surface area contributed by atoms with Gasteiger partial charge in [0.2, 0.25) is 0 Å². The molecular weight excluding hydrogens is 400 g/mol. The Morgan fingerprint density at radius 1 is 1.00 bits per heavy atom. The number of esters is 1. The van der Waals surface area contributed by atoms with Gasteiger partial charge in [0.05, 0.1) is 11.1 Å². The van der Waals surface area contributed by atoms with Gasteiger partial charge in [0.15, 0.2) is 11.9 Å². The van der Waals surface area contributed by atoms with Crippen molar-refractivity contribution in [2.24, 2.45) is 0 Å². The first-order chi connectivity index (χ1) is 14.8. The van der Waals surface area contributed by atoms with E-state index in [-0.39, 0.29) is 37.0 Å². The molecule has 0 radical (unpaired) electrons. The van der Waals surface area contributed by atoms with E-state index in [1.165, 1.54) is 19.9 Å². The van der Waals surface area contributed by atoms with Crippen LogP contribution in [-0.4, -0.2) is 47.0 Å². The topological polar surface area (TPSA) is 110 Å². The molecular formula is C23H22N2O6. The number of imide groups is 1. The molecule has 3 rings (SSSR count). The monoisotopic (exact) mass is 422 g/mol. The fraction of sp³-hybridized carbons (Fsp3) is 0.261. The second-order valence-corrected chi connectivity index (χ2v) is 7.17. The molecule has 31 heavy (non-hydrogen) atoms. The standard InChI is InChI=1S/C23H22N2O6/c1-14(26)16-7-5-8-17(13-16)24-21(28)15(2)31-20(27)11-6-12-25-22(29)18-9-3-4-10-19(18)23(25)30/h3-5,7-10,13,15H,6,11-12H2,1-2H3,(H,24,28). The molecule has 1 aliphatic rings. The van der Waals surface area contributed by atoms with E-state index in [4.69, 9.17) is 4.74 Å². The van der Waals surface area contributed by atoms with Gasteiger partial charge in [-0.1, -0.05) is 24.3 Å². The number of hydrogen-bond donors (Lipinski definition) is 1. The molecule has 0 aliphatic carbocycles. The summed E-state index contributed by atoms with van der Waals surface area (Å²) in [5.74, 6) is -2.04. The van der Waals surface area contributed by atoms with Crippen LogP contribution in [0.4, 0.5) is 5.69 Å². The Morgan fingerprint density at radius 3 is 2.26 bits per heavy atom. The summed E-state index contributed by atoms with van der Waals surface area (Å²) in [6, 6.07) is 13.0. The lowest BCUT2D eigenvalue weighted by molar-refractivity contribution is -0.153. The summed E-state index contributed by atoms with van der Waals surface area (Å²) < 4.78 is 5.14. The molecule has 0 saturated carbocycles. The first-order valence-electron chi connectivity index (χ1n) is 9.84. The van der Waals surface area contributed by atoms with Crippen molar-refractivity contribution in [1.82, 2.24) is 4.90 Å². The zero-order valence-corrected chi connectivity index (χ0v) is 17.2. The summed E-state index contributed by atoms with van der Waals surface area (Å²) in [7, 11) is 0. The number of carbonyl (C=O) groups excluding carboxylic acids is 5. The van der Waals surface area contributed by atoms with Crippen LogP contribution < -0.4 is 5.32 Å². The van der Waals surface area contributed by atoms with E-state index in [0.29, 0.717) is 22.4 Å². The molecule has 2 aromatic carbocycles. The van der Waals surface area contributed by atoms with Crippen LogP contribution in [-0.2, 0) is 14.3 Å². The highest BCUT2D eigenvalue weighted by Gasteiger charge is 2.34. The van der Waals surface area contributed by atoms with Gasteiger partial charge in [-0.3, -0.25) is 28.9 Å².